The summed E-state index contributed by atoms with van der Waals surface area (Å²) >= 11 is 0. The van der Waals surface area contributed by atoms with Gasteiger partial charge in [0.05, 0.1) is 26.2 Å². The van der Waals surface area contributed by atoms with Crippen molar-refractivity contribution < 1.29 is 64.5 Å². The molecule has 2 atom stereocenters. The largest absolute Gasteiger partial charge is 0.507 e. The van der Waals surface area contributed by atoms with Gasteiger partial charge in [0.1, 0.15) is 17.8 Å². The number of carboxylic acids is 6. The van der Waals surface area contributed by atoms with E-state index in [1.54, 1.807) is 0 Å². The number of hydrogen-bond acceptors (Lipinski definition) is 12. The number of nitrogens with one attached hydrogen (secondary N) is 2. The van der Waals surface area contributed by atoms with Crippen LogP contribution in [0.1, 0.15) is 24.0 Å². The van der Waals surface area contributed by atoms with Gasteiger partial charge < -0.3 is 52.1 Å². The van der Waals surface area contributed by atoms with Gasteiger partial charge in [0.25, 0.3) is 0 Å². The predicted octanol–water partition coefficient (Wildman–Crippen LogP) is -2.22. The van der Waals surface area contributed by atoms with E-state index < -0.39 is 74.1 Å². The highest BCUT2D eigenvalue weighted by Gasteiger charge is 2.23. The van der Waals surface area contributed by atoms with Crippen LogP contribution in [0, 0.1) is 0 Å². The first-order valence-corrected chi connectivity index (χ1v) is 12.4. The van der Waals surface area contributed by atoms with Gasteiger partial charge in [0.15, 0.2) is 0 Å². The van der Waals surface area contributed by atoms with Crippen LogP contribution in [0.2, 0.25) is 0 Å². The van der Waals surface area contributed by atoms with Crippen LogP contribution in [0.25, 0.3) is 0 Å². The minimum absolute atomic E-state index is 0.156. The SMILES string of the molecule is Nc1cc(CNC(CCN(CC(=O)O)CC(=O)O)C(=O)O)c(O)c(CNC(CCN(CC(=O)O)CC(=O)O)C(=O)O)c1. The van der Waals surface area contributed by atoms with E-state index in [0.717, 1.165) is 9.80 Å². The van der Waals surface area contributed by atoms with Crippen LogP contribution in [-0.2, 0) is 41.9 Å². The maximum absolute atomic E-state index is 11.7. The summed E-state index contributed by atoms with van der Waals surface area (Å²) < 4.78 is 0. The van der Waals surface area contributed by atoms with Crippen LogP contribution >= 0.6 is 0 Å². The molecule has 0 amide bonds. The molecule has 0 heterocycles. The van der Waals surface area contributed by atoms with Crippen LogP contribution in [0.4, 0.5) is 5.69 Å². The molecule has 11 N–H and O–H groups in total. The van der Waals surface area contributed by atoms with Gasteiger partial charge in [-0.05, 0) is 25.0 Å². The first-order valence-electron chi connectivity index (χ1n) is 12.4. The number of benzene rings is 1. The van der Waals surface area contributed by atoms with Gasteiger partial charge in [-0.3, -0.25) is 38.6 Å². The Kier molecular flexibility index (Phi) is 14.6. The van der Waals surface area contributed by atoms with Crippen molar-refractivity contribution in [3.8, 4) is 5.75 Å². The first kappa shape index (κ1) is 35.5. The Morgan fingerprint density at radius 1 is 0.643 bits per heavy atom. The maximum atomic E-state index is 11.7. The summed E-state index contributed by atoms with van der Waals surface area (Å²) in [5, 5.41) is 71.0. The average Bonchev–Trinajstić information content (AvgIpc) is 2.84. The molecule has 0 aliphatic rings. The molecule has 2 unspecified atom stereocenters. The molecule has 0 spiro atoms. The molecule has 1 aromatic carbocycles. The molecular formula is C24H35N5O13. The quantitative estimate of drug-likeness (QED) is 0.0497. The van der Waals surface area contributed by atoms with Crippen LogP contribution in [0.15, 0.2) is 12.1 Å². The molecule has 0 saturated carbocycles. The van der Waals surface area contributed by atoms with E-state index in [1.807, 2.05) is 0 Å². The molecule has 0 aliphatic carbocycles. The highest BCUT2D eigenvalue weighted by Crippen LogP contribution is 2.26. The Labute approximate surface area is 238 Å². The average molecular weight is 602 g/mol. The normalized spacial score (nSPS) is 12.6. The monoisotopic (exact) mass is 601 g/mol. The number of carboxylic acid groups (broad SMARTS) is 6. The van der Waals surface area contributed by atoms with E-state index in [0.29, 0.717) is 0 Å². The van der Waals surface area contributed by atoms with Crippen molar-refractivity contribution in [2.24, 2.45) is 0 Å². The Balaban J connectivity index is 2.92. The Morgan fingerprint density at radius 2 is 0.952 bits per heavy atom. The summed E-state index contributed by atoms with van der Waals surface area (Å²) in [6.07, 6.45) is -0.344. The molecule has 0 aliphatic heterocycles. The lowest BCUT2D eigenvalue weighted by Gasteiger charge is -2.22. The molecule has 0 saturated heterocycles. The fourth-order valence-electron chi connectivity index (χ4n) is 3.97. The van der Waals surface area contributed by atoms with Crippen molar-refractivity contribution in [2.45, 2.75) is 38.0 Å². The zero-order valence-corrected chi connectivity index (χ0v) is 22.4. The Bertz CT molecular complexity index is 1030. The third-order valence-corrected chi connectivity index (χ3v) is 5.87. The van der Waals surface area contributed by atoms with E-state index in [-0.39, 0.29) is 61.6 Å². The number of carbonyl (C=O) groups is 6. The van der Waals surface area contributed by atoms with Crippen LogP contribution in [0.5, 0.6) is 5.75 Å². The lowest BCUT2D eigenvalue weighted by molar-refractivity contribution is -0.144. The van der Waals surface area contributed by atoms with E-state index in [1.165, 1.54) is 12.1 Å². The van der Waals surface area contributed by atoms with Gasteiger partial charge in [0, 0.05) is 43.0 Å². The summed E-state index contributed by atoms with van der Waals surface area (Å²) in [4.78, 5) is 69.4. The number of hydrogen-bond donors (Lipinski definition) is 10. The number of phenolic OH excluding ortho intramolecular Hbond substituents is 1. The summed E-state index contributed by atoms with van der Waals surface area (Å²) in [6.45, 7) is -3.24. The second-order valence-corrected chi connectivity index (χ2v) is 9.30. The molecule has 0 aromatic heterocycles. The van der Waals surface area contributed by atoms with Gasteiger partial charge in [-0.1, -0.05) is 0 Å². The topological polar surface area (TPSA) is 301 Å². The van der Waals surface area contributed by atoms with Crippen LogP contribution in [0.3, 0.4) is 0 Å². The Morgan fingerprint density at radius 3 is 1.21 bits per heavy atom. The molecule has 18 nitrogen and oxygen atoms in total. The van der Waals surface area contributed by atoms with Crippen LogP contribution < -0.4 is 16.4 Å². The van der Waals surface area contributed by atoms with Crippen molar-refractivity contribution >= 4 is 41.5 Å². The number of nitrogen functional groups attached to an aromatic ring is 1. The molecular weight excluding hydrogens is 566 g/mol. The highest BCUT2D eigenvalue weighted by molar-refractivity contribution is 5.75. The second kappa shape index (κ2) is 17.3. The minimum Gasteiger partial charge on any atom is -0.507 e. The number of nitrogens with zero attached hydrogens (tertiary/aromatic N) is 2. The molecule has 18 heteroatoms. The lowest BCUT2D eigenvalue weighted by atomic mass is 10.1. The lowest BCUT2D eigenvalue weighted by Crippen LogP contribution is -2.42. The maximum Gasteiger partial charge on any atom is 0.320 e. The summed E-state index contributed by atoms with van der Waals surface area (Å²) in [5.74, 6) is -8.09. The fourth-order valence-corrected chi connectivity index (χ4v) is 3.97. The molecule has 234 valence electrons. The van der Waals surface area contributed by atoms with E-state index >= 15 is 0 Å². The van der Waals surface area contributed by atoms with Crippen molar-refractivity contribution in [1.82, 2.24) is 20.4 Å². The van der Waals surface area contributed by atoms with E-state index in [2.05, 4.69) is 10.6 Å². The second-order valence-electron chi connectivity index (χ2n) is 9.30. The molecule has 1 aromatic rings. The zero-order valence-electron chi connectivity index (χ0n) is 22.4. The van der Waals surface area contributed by atoms with Gasteiger partial charge in [-0.15, -0.1) is 0 Å². The summed E-state index contributed by atoms with van der Waals surface area (Å²) in [5.41, 5.74) is 6.38. The smallest absolute Gasteiger partial charge is 0.320 e. The predicted molar refractivity (Wildman–Crippen MR) is 142 cm³/mol. The minimum atomic E-state index is -1.31. The van der Waals surface area contributed by atoms with Crippen molar-refractivity contribution in [2.75, 3.05) is 45.0 Å². The third kappa shape index (κ3) is 13.7. The first-order chi connectivity index (χ1) is 19.6. The van der Waals surface area contributed by atoms with Crippen LogP contribution in [-0.4, -0.2) is 133 Å². The third-order valence-electron chi connectivity index (χ3n) is 5.87. The van der Waals surface area contributed by atoms with Crippen molar-refractivity contribution in [3.63, 3.8) is 0 Å². The standard InChI is InChI=1S/C24H35N5O13/c25-15-5-13(7-26-16(23(39)40)1-3-28(9-18(30)31)10-19(32)33)22(38)14(6-15)8-27-17(24(41)42)2-4-29(11-20(34)35)12-21(36)37/h5-6,16-17,26-27,38H,1-4,7-12,25H2,(H,30,31)(H,32,33)(H,34,35)(H,36,37)(H,39,40)(H,41,42). The molecule has 0 bridgehead atoms. The van der Waals surface area contributed by atoms with Gasteiger partial charge in [-0.2, -0.15) is 0 Å². The van der Waals surface area contributed by atoms with Gasteiger partial charge in [-0.25, -0.2) is 0 Å². The number of rotatable bonds is 22. The summed E-state index contributed by atoms with van der Waals surface area (Å²) in [6, 6.07) is 0.203. The van der Waals surface area contributed by atoms with E-state index in [4.69, 9.17) is 26.2 Å². The highest BCUT2D eigenvalue weighted by atomic mass is 16.4. The Hall–Kier alpha value is -4.52. The summed E-state index contributed by atoms with van der Waals surface area (Å²) in [7, 11) is 0. The van der Waals surface area contributed by atoms with E-state index in [9.17, 15) is 44.1 Å². The van der Waals surface area contributed by atoms with Gasteiger partial charge >= 0.3 is 35.8 Å². The molecule has 0 radical (unpaired) electrons. The molecule has 1 rings (SSSR count). The fraction of sp³-hybridized carbons (Fsp3) is 0.500. The van der Waals surface area contributed by atoms with Gasteiger partial charge in [0.2, 0.25) is 0 Å². The van der Waals surface area contributed by atoms with Crippen molar-refractivity contribution in [3.05, 3.63) is 23.3 Å². The van der Waals surface area contributed by atoms with Crippen molar-refractivity contribution in [1.29, 1.82) is 0 Å². The number of anilines is 1. The molecule has 42 heavy (non-hydrogen) atoms. The number of aliphatic carboxylic acids is 6. The number of nitrogens with two attached hydrogens (primary N) is 1. The zero-order chi connectivity index (χ0) is 32.0. The molecule has 0 fully saturated rings. The number of phenols is 1. The number of aromatic hydroxyl groups is 1.